The minimum Gasteiger partial charge on any atom is -0.356 e. The third kappa shape index (κ3) is 14.6. The van der Waals surface area contributed by atoms with Crippen LogP contribution in [-0.2, 0) is 0 Å². The third-order valence-corrected chi connectivity index (χ3v) is 19.2. The van der Waals surface area contributed by atoms with Gasteiger partial charge in [-0.1, -0.05) is 310 Å². The van der Waals surface area contributed by atoms with E-state index in [1.165, 1.54) is 122 Å². The molecule has 0 radical (unpaired) electrons. The summed E-state index contributed by atoms with van der Waals surface area (Å²) in [6.45, 7) is 0. The number of hydrogen-bond donors (Lipinski definition) is 1. The minimum atomic E-state index is 0. The monoisotopic (exact) mass is 1390 g/mol. The van der Waals surface area contributed by atoms with Crippen LogP contribution in [0.5, 0.6) is 0 Å². The Morgan fingerprint density at radius 2 is 0.485 bits per heavy atom. The second-order valence-corrected chi connectivity index (χ2v) is 26.0. The van der Waals surface area contributed by atoms with Gasteiger partial charge in [0.1, 0.15) is 0 Å². The molecule has 0 amide bonds. The molecule has 0 aliphatic heterocycles. The molecule has 0 aliphatic rings. The Morgan fingerprint density at radius 3 is 0.864 bits per heavy atom. The zero-order chi connectivity index (χ0) is 67.7. The fraction of sp³-hybridized carbons (Fsp3) is 0.0204. The Kier molecular flexibility index (Phi) is 20.4. The molecule has 1 N–H and O–H groups in total. The lowest BCUT2D eigenvalue weighted by Gasteiger charge is -2.26. The highest BCUT2D eigenvalue weighted by Gasteiger charge is 2.18. The summed E-state index contributed by atoms with van der Waals surface area (Å²) in [6, 6.07) is 146. The number of rotatable bonds is 13. The smallest absolute Gasteiger partial charge is 0.0541 e. The molecule has 16 aromatic carbocycles. The van der Waals surface area contributed by atoms with Gasteiger partial charge < -0.3 is 19.4 Å². The van der Waals surface area contributed by atoms with Crippen LogP contribution in [0, 0.1) is 0 Å². The zero-order valence-electron chi connectivity index (χ0n) is 55.5. The predicted octanol–water partition coefficient (Wildman–Crippen LogP) is 28.5. The van der Waals surface area contributed by atoms with Gasteiger partial charge in [-0.25, -0.2) is 0 Å². The van der Waals surface area contributed by atoms with Gasteiger partial charge in [0.15, 0.2) is 0 Å². The van der Waals surface area contributed by atoms with Crippen LogP contribution in [0.4, 0.5) is 28.4 Å². The molecule has 0 aliphatic carbocycles. The SMILES string of the molecule is Brc1cccc(-c2ccc3c(c2)c2ccccc2n3-c2ccccc2)c1.C.C.c1ccc(-c2ccc(N(c3ccc(-c4ccccc4)cc3)c3cccc(-c4ccc5c(c4)c4ccccc4n5-c4ccccc4)c3)cc2)cc1.c1ccc(-c2ccc(Nc3ccc(-c4ccccc4)cc3)cc2)cc1. The van der Waals surface area contributed by atoms with Gasteiger partial charge in [0, 0.05) is 65.8 Å². The molecule has 4 nitrogen and oxygen atoms in total. The van der Waals surface area contributed by atoms with Crippen LogP contribution in [0.1, 0.15) is 14.9 Å². The first kappa shape index (κ1) is 67.4. The van der Waals surface area contributed by atoms with E-state index in [4.69, 9.17) is 0 Å². The molecule has 2 aromatic heterocycles. The van der Waals surface area contributed by atoms with E-state index in [0.29, 0.717) is 0 Å². The van der Waals surface area contributed by atoms with Gasteiger partial charge in [-0.2, -0.15) is 0 Å². The van der Waals surface area contributed by atoms with Crippen molar-refractivity contribution in [1.82, 2.24) is 9.13 Å². The molecule has 18 rings (SSSR count). The maximum absolute atomic E-state index is 3.58. The number of para-hydroxylation sites is 4. The highest BCUT2D eigenvalue weighted by atomic mass is 79.9. The van der Waals surface area contributed by atoms with Crippen molar-refractivity contribution in [3.05, 3.63) is 417 Å². The topological polar surface area (TPSA) is 25.1 Å². The number of benzene rings is 16. The molecule has 18 aromatic rings. The summed E-state index contributed by atoms with van der Waals surface area (Å²) in [6.07, 6.45) is 0. The van der Waals surface area contributed by atoms with Crippen molar-refractivity contribution in [2.24, 2.45) is 0 Å². The van der Waals surface area contributed by atoms with Crippen LogP contribution in [0.2, 0.25) is 0 Å². The first-order valence-electron chi connectivity index (χ1n) is 34.2. The maximum Gasteiger partial charge on any atom is 0.0541 e. The molecule has 0 saturated heterocycles. The van der Waals surface area contributed by atoms with Crippen molar-refractivity contribution < 1.29 is 0 Å². The summed E-state index contributed by atoms with van der Waals surface area (Å²) >= 11 is 3.58. The van der Waals surface area contributed by atoms with Crippen molar-refractivity contribution in [2.75, 3.05) is 10.2 Å². The van der Waals surface area contributed by atoms with Gasteiger partial charge in [-0.3, -0.25) is 0 Å². The summed E-state index contributed by atoms with van der Waals surface area (Å²) in [5, 5.41) is 8.52. The quantitative estimate of drug-likeness (QED) is 0.124. The molecule has 496 valence electrons. The van der Waals surface area contributed by atoms with E-state index in [1.54, 1.807) is 0 Å². The number of nitrogens with zero attached hydrogens (tertiary/aromatic N) is 3. The Morgan fingerprint density at radius 1 is 0.204 bits per heavy atom. The van der Waals surface area contributed by atoms with E-state index in [2.05, 4.69) is 436 Å². The number of fused-ring (bicyclic) bond motifs is 6. The number of nitrogens with one attached hydrogen (secondary N) is 1. The summed E-state index contributed by atoms with van der Waals surface area (Å²) < 4.78 is 5.81. The summed E-state index contributed by atoms with van der Waals surface area (Å²) in [5.74, 6) is 0. The number of aromatic nitrogens is 2. The van der Waals surface area contributed by atoms with Crippen molar-refractivity contribution in [1.29, 1.82) is 0 Å². The van der Waals surface area contributed by atoms with Gasteiger partial charge in [-0.05, 0) is 200 Å². The van der Waals surface area contributed by atoms with Crippen molar-refractivity contribution in [2.45, 2.75) is 14.9 Å². The van der Waals surface area contributed by atoms with Crippen LogP contribution in [0.15, 0.2) is 417 Å². The van der Waals surface area contributed by atoms with Crippen LogP contribution in [0.25, 0.3) is 122 Å². The Labute approximate surface area is 613 Å². The summed E-state index contributed by atoms with van der Waals surface area (Å²) in [5.41, 5.74) is 27.3. The van der Waals surface area contributed by atoms with E-state index in [1.807, 2.05) is 12.1 Å². The van der Waals surface area contributed by atoms with Gasteiger partial charge >= 0.3 is 0 Å². The molecular formula is C98H77BrN4. The first-order chi connectivity index (χ1) is 50.0. The largest absolute Gasteiger partial charge is 0.356 e. The molecule has 0 unspecified atom stereocenters. The number of hydrogen-bond acceptors (Lipinski definition) is 2. The molecule has 0 spiro atoms. The van der Waals surface area contributed by atoms with E-state index < -0.39 is 0 Å². The molecule has 0 atom stereocenters. The van der Waals surface area contributed by atoms with Crippen LogP contribution < -0.4 is 10.2 Å². The Balaban J connectivity index is 0.000000143. The lowest BCUT2D eigenvalue weighted by Crippen LogP contribution is -2.10. The Bertz CT molecular complexity index is 5640. The molecule has 0 saturated carbocycles. The van der Waals surface area contributed by atoms with Gasteiger partial charge in [0.2, 0.25) is 0 Å². The zero-order valence-corrected chi connectivity index (χ0v) is 57.1. The minimum absolute atomic E-state index is 0. The van der Waals surface area contributed by atoms with Crippen molar-refractivity contribution >= 4 is 88.0 Å². The average Bonchev–Trinajstić information content (AvgIpc) is 1.61. The van der Waals surface area contributed by atoms with Crippen LogP contribution >= 0.6 is 15.9 Å². The molecule has 103 heavy (non-hydrogen) atoms. The first-order valence-corrected chi connectivity index (χ1v) is 35.0. The fourth-order valence-corrected chi connectivity index (χ4v) is 14.1. The van der Waals surface area contributed by atoms with E-state index >= 15 is 0 Å². The number of anilines is 5. The molecule has 2 heterocycles. The Hall–Kier alpha value is -12.8. The maximum atomic E-state index is 3.58. The normalized spacial score (nSPS) is 10.8. The predicted molar refractivity (Wildman–Crippen MR) is 446 cm³/mol. The molecule has 0 fully saturated rings. The molecular weight excluding hydrogens is 1310 g/mol. The lowest BCUT2D eigenvalue weighted by atomic mass is 10.0. The highest BCUT2D eigenvalue weighted by Crippen LogP contribution is 2.42. The van der Waals surface area contributed by atoms with Crippen molar-refractivity contribution in [3.63, 3.8) is 0 Å². The average molecular weight is 1390 g/mol. The van der Waals surface area contributed by atoms with E-state index in [-0.39, 0.29) is 14.9 Å². The molecule has 0 bridgehead atoms. The third-order valence-electron chi connectivity index (χ3n) is 18.7. The summed E-state index contributed by atoms with van der Waals surface area (Å²) in [7, 11) is 0. The van der Waals surface area contributed by atoms with Gasteiger partial charge in [-0.15, -0.1) is 0 Å². The highest BCUT2D eigenvalue weighted by molar-refractivity contribution is 9.10. The van der Waals surface area contributed by atoms with Gasteiger partial charge in [0.25, 0.3) is 0 Å². The lowest BCUT2D eigenvalue weighted by molar-refractivity contribution is 1.18. The van der Waals surface area contributed by atoms with Gasteiger partial charge in [0.05, 0.1) is 22.1 Å². The fourth-order valence-electron chi connectivity index (χ4n) is 13.7. The second-order valence-electron chi connectivity index (χ2n) is 25.1. The van der Waals surface area contributed by atoms with Crippen LogP contribution in [-0.4, -0.2) is 9.13 Å². The summed E-state index contributed by atoms with van der Waals surface area (Å²) in [4.78, 5) is 2.35. The van der Waals surface area contributed by atoms with E-state index in [9.17, 15) is 0 Å². The van der Waals surface area contributed by atoms with Crippen LogP contribution in [0.3, 0.4) is 0 Å². The number of halogens is 1. The standard InChI is InChI=1S/C48H34N2.C24H16BrN.C24H19N.2CH4/c1-4-13-35(14-5-1)37-23-28-42(29-24-37)49(43-30-25-38(26-31-43)36-15-6-2-7-16-36)44-20-12-17-39(33-44)40-27-32-48-46(34-40)45-21-10-11-22-47(45)50(48)41-18-8-3-9-19-41;25-19-8-6-7-17(15-19)18-13-14-24-22(16-18)21-11-4-5-12-23(21)26(24)20-9-2-1-3-10-20;1-3-7-19(8-4-1)21-11-15-23(16-12-21)25-24-17-13-22(14-18-24)20-9-5-2-6-10-20;;/h1-34H;1-16H;1-18,25H;2*1H4. The second kappa shape index (κ2) is 31.2. The van der Waals surface area contributed by atoms with Crippen molar-refractivity contribution in [3.8, 4) is 78.1 Å². The van der Waals surface area contributed by atoms with E-state index in [0.717, 1.165) is 32.9 Å². The molecule has 5 heteroatoms.